The summed E-state index contributed by atoms with van der Waals surface area (Å²) in [6.45, 7) is 8.97. The number of hydrogen-bond acceptors (Lipinski definition) is 5. The van der Waals surface area contributed by atoms with Crippen molar-refractivity contribution in [1.82, 2.24) is 30.0 Å². The highest BCUT2D eigenvalue weighted by atomic mass is 32.1. The van der Waals surface area contributed by atoms with Crippen LogP contribution < -0.4 is 0 Å². The first-order chi connectivity index (χ1) is 17.0. The quantitative estimate of drug-likeness (QED) is 0.257. The minimum absolute atomic E-state index is 0.682. The first kappa shape index (κ1) is 23.0. The summed E-state index contributed by atoms with van der Waals surface area (Å²) in [5, 5.41) is 9.70. The van der Waals surface area contributed by atoms with E-state index in [4.69, 9.17) is 0 Å². The standard InChI is InChI=1S/C28H28N6S/c1-6-18(16-34(4)5)12-19(7-2)20-13-23-26(32-33-28(23)30-15-20)24-14-22-21(10-11-29-27(22)31-24)25-9-8-17(3)35-25/h6-15H,1,16H2,2-5H3,(H,29,31)(H,30,32,33)/b18-12+,19-7+. The highest BCUT2D eigenvalue weighted by Crippen LogP contribution is 2.36. The van der Waals surface area contributed by atoms with Gasteiger partial charge in [-0.1, -0.05) is 24.8 Å². The topological polar surface area (TPSA) is 73.5 Å². The Labute approximate surface area is 208 Å². The first-order valence-corrected chi connectivity index (χ1v) is 12.3. The number of H-pyrrole nitrogens is 2. The molecule has 0 bridgehead atoms. The van der Waals surface area contributed by atoms with E-state index < -0.39 is 0 Å². The zero-order valence-electron chi connectivity index (χ0n) is 20.4. The van der Waals surface area contributed by atoms with Crippen LogP contribution in [-0.4, -0.2) is 50.7 Å². The van der Waals surface area contributed by atoms with E-state index in [9.17, 15) is 0 Å². The third-order valence-corrected chi connectivity index (χ3v) is 7.00. The van der Waals surface area contributed by atoms with Crippen LogP contribution in [0, 0.1) is 6.92 Å². The van der Waals surface area contributed by atoms with Crippen LogP contribution >= 0.6 is 11.3 Å². The summed E-state index contributed by atoms with van der Waals surface area (Å²) in [6.07, 6.45) is 9.90. The SMILES string of the molecule is C=C/C(=C\C(=C/C)c1cnc2n[nH]c(-c3cc4c(-c5ccc(C)s5)ccnc4[nH]3)c2c1)CN(C)C. The molecule has 0 fully saturated rings. The molecular formula is C28H28N6S. The fraction of sp³-hybridized carbons (Fsp3) is 0.179. The Morgan fingerprint density at radius 3 is 2.71 bits per heavy atom. The van der Waals surface area contributed by atoms with Gasteiger partial charge in [0.25, 0.3) is 0 Å². The highest BCUT2D eigenvalue weighted by molar-refractivity contribution is 7.15. The monoisotopic (exact) mass is 480 g/mol. The van der Waals surface area contributed by atoms with Gasteiger partial charge in [-0.3, -0.25) is 5.10 Å². The lowest BCUT2D eigenvalue weighted by Gasteiger charge is -2.11. The van der Waals surface area contributed by atoms with Crippen molar-refractivity contribution in [3.8, 4) is 21.8 Å². The average Bonchev–Trinajstić information content (AvgIpc) is 3.58. The van der Waals surface area contributed by atoms with Gasteiger partial charge in [0.1, 0.15) is 5.65 Å². The number of fused-ring (bicyclic) bond motifs is 2. The second-order valence-corrected chi connectivity index (χ2v) is 10.1. The maximum absolute atomic E-state index is 4.64. The number of aryl methyl sites for hydroxylation is 1. The average molecular weight is 481 g/mol. The third kappa shape index (κ3) is 4.48. The molecule has 0 saturated carbocycles. The van der Waals surface area contributed by atoms with Crippen molar-refractivity contribution < 1.29 is 0 Å². The van der Waals surface area contributed by atoms with Gasteiger partial charge in [0.05, 0.1) is 11.4 Å². The second-order valence-electron chi connectivity index (χ2n) is 8.81. The van der Waals surface area contributed by atoms with Crippen LogP contribution in [0.5, 0.6) is 0 Å². The Morgan fingerprint density at radius 1 is 1.14 bits per heavy atom. The number of hydrogen-bond donors (Lipinski definition) is 2. The number of allylic oxidation sites excluding steroid dienone is 3. The van der Waals surface area contributed by atoms with Crippen molar-refractivity contribution in [2.75, 3.05) is 20.6 Å². The molecule has 5 rings (SSSR count). The number of pyridine rings is 2. The molecule has 7 heteroatoms. The van der Waals surface area contributed by atoms with E-state index in [0.29, 0.717) is 5.65 Å². The van der Waals surface area contributed by atoms with Crippen LogP contribution in [0.2, 0.25) is 0 Å². The first-order valence-electron chi connectivity index (χ1n) is 11.5. The largest absolute Gasteiger partial charge is 0.338 e. The molecule has 0 aliphatic heterocycles. The molecule has 176 valence electrons. The van der Waals surface area contributed by atoms with Gasteiger partial charge in [-0.2, -0.15) is 5.10 Å². The highest BCUT2D eigenvalue weighted by Gasteiger charge is 2.16. The van der Waals surface area contributed by atoms with Crippen LogP contribution in [0.15, 0.2) is 73.1 Å². The number of thiophene rings is 1. The van der Waals surface area contributed by atoms with E-state index in [1.54, 1.807) is 11.3 Å². The molecule has 0 aromatic carbocycles. The molecule has 0 saturated heterocycles. The Balaban J connectivity index is 1.59. The molecule has 0 atom stereocenters. The molecule has 2 N–H and O–H groups in total. The van der Waals surface area contributed by atoms with Crippen molar-refractivity contribution in [3.63, 3.8) is 0 Å². The Morgan fingerprint density at radius 2 is 2.00 bits per heavy atom. The van der Waals surface area contributed by atoms with E-state index in [1.165, 1.54) is 15.3 Å². The normalized spacial score (nSPS) is 12.8. The Bertz CT molecular complexity index is 1590. The Hall–Kier alpha value is -3.81. The number of nitrogens with one attached hydrogen (secondary N) is 2. The molecule has 5 heterocycles. The van der Waals surface area contributed by atoms with Gasteiger partial charge >= 0.3 is 0 Å². The summed E-state index contributed by atoms with van der Waals surface area (Å²) in [6, 6.07) is 10.7. The maximum atomic E-state index is 4.64. The summed E-state index contributed by atoms with van der Waals surface area (Å²) >= 11 is 1.79. The second kappa shape index (κ2) is 9.44. The van der Waals surface area contributed by atoms with Crippen molar-refractivity contribution >= 4 is 39.0 Å². The summed E-state index contributed by atoms with van der Waals surface area (Å²) in [7, 11) is 4.11. The number of rotatable bonds is 7. The predicted molar refractivity (Wildman–Crippen MR) is 148 cm³/mol. The molecular weight excluding hydrogens is 452 g/mol. The molecule has 5 aromatic rings. The fourth-order valence-corrected chi connectivity index (χ4v) is 5.19. The van der Waals surface area contributed by atoms with E-state index in [-0.39, 0.29) is 0 Å². The molecule has 0 aliphatic rings. The van der Waals surface area contributed by atoms with Crippen LogP contribution in [0.4, 0.5) is 0 Å². The zero-order valence-corrected chi connectivity index (χ0v) is 21.2. The van der Waals surface area contributed by atoms with E-state index in [0.717, 1.165) is 51.1 Å². The van der Waals surface area contributed by atoms with Gasteiger partial charge in [-0.05, 0) is 69.4 Å². The predicted octanol–water partition coefficient (Wildman–Crippen LogP) is 6.62. The van der Waals surface area contributed by atoms with E-state index in [1.807, 2.05) is 25.4 Å². The van der Waals surface area contributed by atoms with Gasteiger partial charge in [0, 0.05) is 50.6 Å². The lowest BCUT2D eigenvalue weighted by Crippen LogP contribution is -2.14. The van der Waals surface area contributed by atoms with Gasteiger partial charge < -0.3 is 9.88 Å². The number of nitrogens with zero attached hydrogens (tertiary/aromatic N) is 4. The molecule has 0 spiro atoms. The van der Waals surface area contributed by atoms with Crippen molar-refractivity contribution in [2.24, 2.45) is 0 Å². The zero-order chi connectivity index (χ0) is 24.5. The smallest absolute Gasteiger partial charge is 0.181 e. The van der Waals surface area contributed by atoms with Crippen molar-refractivity contribution in [3.05, 3.63) is 83.5 Å². The maximum Gasteiger partial charge on any atom is 0.181 e. The minimum Gasteiger partial charge on any atom is -0.338 e. The molecule has 0 amide bonds. The van der Waals surface area contributed by atoms with Gasteiger partial charge in [-0.15, -0.1) is 11.3 Å². The van der Waals surface area contributed by atoms with Crippen LogP contribution in [0.1, 0.15) is 17.4 Å². The number of aromatic amines is 2. The molecule has 0 radical (unpaired) electrons. The molecule has 0 aliphatic carbocycles. The van der Waals surface area contributed by atoms with Crippen molar-refractivity contribution in [1.29, 1.82) is 0 Å². The van der Waals surface area contributed by atoms with Gasteiger partial charge in [0.2, 0.25) is 0 Å². The Kier molecular flexibility index (Phi) is 6.19. The third-order valence-electron chi connectivity index (χ3n) is 5.96. The summed E-state index contributed by atoms with van der Waals surface area (Å²) in [5.41, 5.74) is 7.82. The lowest BCUT2D eigenvalue weighted by atomic mass is 10.0. The summed E-state index contributed by atoms with van der Waals surface area (Å²) < 4.78 is 0. The number of aromatic nitrogens is 5. The van der Waals surface area contributed by atoms with E-state index in [2.05, 4.69) is 100 Å². The molecule has 6 nitrogen and oxygen atoms in total. The molecule has 5 aromatic heterocycles. The van der Waals surface area contributed by atoms with Crippen LogP contribution in [0.25, 0.3) is 49.5 Å². The van der Waals surface area contributed by atoms with Crippen molar-refractivity contribution in [2.45, 2.75) is 13.8 Å². The number of likely N-dealkylation sites (N-methyl/N-ethyl adjacent to an activating group) is 1. The molecule has 0 unspecified atom stereocenters. The lowest BCUT2D eigenvalue weighted by molar-refractivity contribution is 0.449. The van der Waals surface area contributed by atoms with Crippen LogP contribution in [0.3, 0.4) is 0 Å². The van der Waals surface area contributed by atoms with Gasteiger partial charge in [-0.25, -0.2) is 9.97 Å². The van der Waals surface area contributed by atoms with Crippen LogP contribution in [-0.2, 0) is 0 Å². The molecule has 35 heavy (non-hydrogen) atoms. The van der Waals surface area contributed by atoms with Gasteiger partial charge in [0.15, 0.2) is 5.65 Å². The fourth-order valence-electron chi connectivity index (χ4n) is 4.29. The summed E-state index contributed by atoms with van der Waals surface area (Å²) in [4.78, 5) is 17.4. The van der Waals surface area contributed by atoms with E-state index >= 15 is 0 Å². The summed E-state index contributed by atoms with van der Waals surface area (Å²) in [5.74, 6) is 0. The minimum atomic E-state index is 0.682.